The number of aromatic nitrogens is 2. The number of carbonyl (C=O) groups excluding carboxylic acids is 1. The predicted octanol–water partition coefficient (Wildman–Crippen LogP) is 3.11. The molecule has 0 N–H and O–H groups in total. The molecular formula is C25H37N5O. The lowest BCUT2D eigenvalue weighted by Gasteiger charge is -2.36. The van der Waals surface area contributed by atoms with Crippen molar-refractivity contribution in [2.75, 3.05) is 45.8 Å². The Morgan fingerprint density at radius 1 is 0.968 bits per heavy atom. The van der Waals surface area contributed by atoms with Crippen molar-refractivity contribution in [2.45, 2.75) is 45.2 Å². The van der Waals surface area contributed by atoms with Gasteiger partial charge in [-0.3, -0.25) is 14.4 Å². The van der Waals surface area contributed by atoms with E-state index in [1.165, 1.54) is 24.9 Å². The summed E-state index contributed by atoms with van der Waals surface area (Å²) in [5.74, 6) is 1.02. The molecular weight excluding hydrogens is 386 g/mol. The number of rotatable bonds is 9. The van der Waals surface area contributed by atoms with E-state index in [1.807, 2.05) is 23.1 Å². The minimum absolute atomic E-state index is 0.357. The highest BCUT2D eigenvalue weighted by Gasteiger charge is 2.24. The molecule has 0 spiro atoms. The minimum atomic E-state index is 0.357. The summed E-state index contributed by atoms with van der Waals surface area (Å²) in [7, 11) is 0. The van der Waals surface area contributed by atoms with Crippen LogP contribution in [0.2, 0.25) is 0 Å². The van der Waals surface area contributed by atoms with Gasteiger partial charge in [-0.05, 0) is 56.3 Å². The van der Waals surface area contributed by atoms with Crippen LogP contribution in [0.5, 0.6) is 0 Å². The Bertz CT molecular complexity index is 770. The highest BCUT2D eigenvalue weighted by molar-refractivity contribution is 5.76. The first-order valence-corrected chi connectivity index (χ1v) is 12.0. The molecule has 2 aliphatic rings. The van der Waals surface area contributed by atoms with Gasteiger partial charge in [0.15, 0.2) is 0 Å². The molecule has 0 bridgehead atoms. The lowest BCUT2D eigenvalue weighted by molar-refractivity contribution is -0.133. The van der Waals surface area contributed by atoms with Gasteiger partial charge >= 0.3 is 0 Å². The van der Waals surface area contributed by atoms with Gasteiger partial charge in [0.25, 0.3) is 0 Å². The Labute approximate surface area is 186 Å². The largest absolute Gasteiger partial charge is 0.340 e. The third-order valence-corrected chi connectivity index (χ3v) is 6.76. The molecule has 2 aliphatic heterocycles. The summed E-state index contributed by atoms with van der Waals surface area (Å²) >= 11 is 0. The molecule has 4 rings (SSSR count). The second kappa shape index (κ2) is 11.4. The van der Waals surface area contributed by atoms with Crippen molar-refractivity contribution in [3.05, 3.63) is 54.4 Å². The van der Waals surface area contributed by atoms with Crippen LogP contribution >= 0.6 is 0 Å². The lowest BCUT2D eigenvalue weighted by atomic mass is 9.93. The van der Waals surface area contributed by atoms with Crippen molar-refractivity contribution >= 4 is 5.91 Å². The fourth-order valence-electron chi connectivity index (χ4n) is 4.96. The fourth-order valence-corrected chi connectivity index (χ4v) is 4.96. The summed E-state index contributed by atoms with van der Waals surface area (Å²) in [5, 5.41) is 4.29. The molecule has 2 aromatic rings. The summed E-state index contributed by atoms with van der Waals surface area (Å²) < 4.78 is 2.01. The number of carbonyl (C=O) groups is 1. The number of hydrogen-bond acceptors (Lipinski definition) is 4. The summed E-state index contributed by atoms with van der Waals surface area (Å²) in [6.45, 7) is 9.16. The normalized spacial score (nSPS) is 20.8. The smallest absolute Gasteiger partial charge is 0.222 e. The first-order chi connectivity index (χ1) is 15.3. The van der Waals surface area contributed by atoms with Gasteiger partial charge in [-0.25, -0.2) is 0 Å². The number of hydrogen-bond donors (Lipinski definition) is 0. The van der Waals surface area contributed by atoms with Crippen molar-refractivity contribution in [1.29, 1.82) is 0 Å². The zero-order chi connectivity index (χ0) is 21.3. The summed E-state index contributed by atoms with van der Waals surface area (Å²) in [6, 6.07) is 12.6. The lowest BCUT2D eigenvalue weighted by Crippen LogP contribution is -2.48. The van der Waals surface area contributed by atoms with E-state index < -0.39 is 0 Å². The van der Waals surface area contributed by atoms with Crippen molar-refractivity contribution < 1.29 is 4.79 Å². The van der Waals surface area contributed by atoms with Gasteiger partial charge in [0.2, 0.25) is 5.91 Å². The average Bonchev–Trinajstić information content (AvgIpc) is 3.33. The molecule has 2 fully saturated rings. The van der Waals surface area contributed by atoms with E-state index in [1.54, 1.807) is 0 Å². The Kier molecular flexibility index (Phi) is 8.13. The second-order valence-corrected chi connectivity index (χ2v) is 9.11. The molecule has 1 atom stereocenters. The fraction of sp³-hybridized carbons (Fsp3) is 0.600. The van der Waals surface area contributed by atoms with E-state index in [0.717, 1.165) is 65.2 Å². The Hall–Kier alpha value is -2.18. The Morgan fingerprint density at radius 3 is 2.58 bits per heavy atom. The molecule has 1 aromatic heterocycles. The SMILES string of the molecule is O=C(CC[C@H]1CCCN(CCCn2cccn2)C1)N1CCN(Cc2ccccc2)CC1. The highest BCUT2D eigenvalue weighted by Crippen LogP contribution is 2.22. The Balaban J connectivity index is 1.12. The third kappa shape index (κ3) is 6.91. The molecule has 0 aliphatic carbocycles. The summed E-state index contributed by atoms with van der Waals surface area (Å²) in [5.41, 5.74) is 1.36. The Morgan fingerprint density at radius 2 is 1.81 bits per heavy atom. The maximum absolute atomic E-state index is 12.8. The van der Waals surface area contributed by atoms with Crippen LogP contribution < -0.4 is 0 Å². The van der Waals surface area contributed by atoms with E-state index in [2.05, 4.69) is 50.1 Å². The first-order valence-electron chi connectivity index (χ1n) is 12.0. The molecule has 2 saturated heterocycles. The highest BCUT2D eigenvalue weighted by atomic mass is 16.2. The minimum Gasteiger partial charge on any atom is -0.340 e. The van der Waals surface area contributed by atoms with E-state index in [-0.39, 0.29) is 0 Å². The van der Waals surface area contributed by atoms with Crippen LogP contribution in [0.1, 0.15) is 37.7 Å². The summed E-state index contributed by atoms with van der Waals surface area (Å²) in [6.07, 6.45) is 9.31. The van der Waals surface area contributed by atoms with Gasteiger partial charge in [-0.1, -0.05) is 30.3 Å². The van der Waals surface area contributed by atoms with E-state index in [0.29, 0.717) is 18.2 Å². The first kappa shape index (κ1) is 22.0. The van der Waals surface area contributed by atoms with Crippen molar-refractivity contribution in [2.24, 2.45) is 5.92 Å². The molecule has 3 heterocycles. The van der Waals surface area contributed by atoms with Crippen molar-refractivity contribution in [3.8, 4) is 0 Å². The predicted molar refractivity (Wildman–Crippen MR) is 124 cm³/mol. The van der Waals surface area contributed by atoms with Crippen LogP contribution in [-0.2, 0) is 17.9 Å². The molecule has 0 unspecified atom stereocenters. The molecule has 31 heavy (non-hydrogen) atoms. The molecule has 6 heteroatoms. The average molecular weight is 424 g/mol. The van der Waals surface area contributed by atoms with Gasteiger partial charge in [0.05, 0.1) is 0 Å². The van der Waals surface area contributed by atoms with Crippen molar-refractivity contribution in [1.82, 2.24) is 24.5 Å². The topological polar surface area (TPSA) is 44.6 Å². The molecule has 0 radical (unpaired) electrons. The molecule has 0 saturated carbocycles. The number of piperidine rings is 1. The molecule has 168 valence electrons. The zero-order valence-corrected chi connectivity index (χ0v) is 18.7. The standard InChI is InChI=1S/C25H37N5O/c31-25(29-19-17-28(18-20-29)21-23-7-2-1-3-8-23)11-10-24-9-4-13-27(22-24)14-6-16-30-15-5-12-26-30/h1-3,5,7-8,12,15,24H,4,6,9-11,13-14,16-22H2/t24-/m1/s1. The maximum atomic E-state index is 12.8. The van der Waals surface area contributed by atoms with Crippen LogP contribution in [-0.4, -0.2) is 76.2 Å². The number of nitrogens with zero attached hydrogens (tertiary/aromatic N) is 5. The number of amides is 1. The zero-order valence-electron chi connectivity index (χ0n) is 18.7. The van der Waals surface area contributed by atoms with Gasteiger partial charge < -0.3 is 9.80 Å². The van der Waals surface area contributed by atoms with E-state index >= 15 is 0 Å². The van der Waals surface area contributed by atoms with Gasteiger partial charge in [0, 0.05) is 64.6 Å². The molecule has 1 aromatic carbocycles. The van der Waals surface area contributed by atoms with Crippen LogP contribution in [0.25, 0.3) is 0 Å². The van der Waals surface area contributed by atoms with Crippen LogP contribution in [0.15, 0.2) is 48.8 Å². The van der Waals surface area contributed by atoms with E-state index in [9.17, 15) is 4.79 Å². The molecule has 1 amide bonds. The van der Waals surface area contributed by atoms with Gasteiger partial charge in [-0.2, -0.15) is 5.10 Å². The maximum Gasteiger partial charge on any atom is 0.222 e. The monoisotopic (exact) mass is 423 g/mol. The third-order valence-electron chi connectivity index (χ3n) is 6.76. The van der Waals surface area contributed by atoms with Crippen molar-refractivity contribution in [3.63, 3.8) is 0 Å². The number of piperazine rings is 1. The number of aryl methyl sites for hydroxylation is 1. The summed E-state index contributed by atoms with van der Waals surface area (Å²) in [4.78, 5) is 19.9. The van der Waals surface area contributed by atoms with Gasteiger partial charge in [-0.15, -0.1) is 0 Å². The van der Waals surface area contributed by atoms with Crippen LogP contribution in [0.3, 0.4) is 0 Å². The van der Waals surface area contributed by atoms with Gasteiger partial charge in [0.1, 0.15) is 0 Å². The second-order valence-electron chi connectivity index (χ2n) is 9.11. The quantitative estimate of drug-likeness (QED) is 0.622. The van der Waals surface area contributed by atoms with Crippen LogP contribution in [0.4, 0.5) is 0 Å². The number of benzene rings is 1. The number of likely N-dealkylation sites (tertiary alicyclic amines) is 1. The van der Waals surface area contributed by atoms with E-state index in [4.69, 9.17) is 0 Å². The van der Waals surface area contributed by atoms with Crippen LogP contribution in [0, 0.1) is 5.92 Å². The molecule has 6 nitrogen and oxygen atoms in total.